The van der Waals surface area contributed by atoms with Gasteiger partial charge in [-0.15, -0.1) is 0 Å². The number of likely N-dealkylation sites (N-methyl/N-ethyl adjacent to an activating group) is 1. The van der Waals surface area contributed by atoms with E-state index in [4.69, 9.17) is 0 Å². The number of ketones is 1. The van der Waals surface area contributed by atoms with Gasteiger partial charge in [0.25, 0.3) is 5.91 Å². The molecule has 1 aromatic rings. The molecule has 2 aliphatic rings. The van der Waals surface area contributed by atoms with Gasteiger partial charge in [0.15, 0.2) is 0 Å². The summed E-state index contributed by atoms with van der Waals surface area (Å²) in [5.41, 5.74) is -0.351. The van der Waals surface area contributed by atoms with E-state index >= 15 is 0 Å². The third kappa shape index (κ3) is 9.39. The summed E-state index contributed by atoms with van der Waals surface area (Å²) in [5, 5.41) is 13.2. The van der Waals surface area contributed by atoms with E-state index in [-0.39, 0.29) is 35.6 Å². The highest BCUT2D eigenvalue weighted by Crippen LogP contribution is 2.65. The zero-order chi connectivity index (χ0) is 37.7. The van der Waals surface area contributed by atoms with Crippen LogP contribution < -0.4 is 26.6 Å². The summed E-state index contributed by atoms with van der Waals surface area (Å²) in [5.74, 6) is -4.13. The Morgan fingerprint density at radius 1 is 0.940 bits per heavy atom. The molecule has 276 valence electrons. The molecular weight excluding hydrogens is 642 g/mol. The fraction of sp³-hybridized carbons (Fsp3) is 0.639. The minimum atomic E-state index is -1.20. The number of likely N-dealkylation sites (tertiary alicyclic amines) is 1. The van der Waals surface area contributed by atoms with Crippen LogP contribution in [-0.2, 0) is 28.8 Å². The first-order valence-electron chi connectivity index (χ1n) is 17.3. The summed E-state index contributed by atoms with van der Waals surface area (Å²) in [4.78, 5) is 95.5. The molecule has 1 saturated carbocycles. The molecule has 1 saturated heterocycles. The van der Waals surface area contributed by atoms with Crippen LogP contribution in [0.5, 0.6) is 0 Å². The van der Waals surface area contributed by atoms with E-state index in [0.717, 1.165) is 0 Å². The van der Waals surface area contributed by atoms with E-state index in [1.807, 2.05) is 48.5 Å². The largest absolute Gasteiger partial charge is 0.347 e. The molecule has 50 heavy (non-hydrogen) atoms. The highest BCUT2D eigenvalue weighted by molar-refractivity contribution is 6.38. The molecular formula is C36H55N7O7. The molecule has 5 N–H and O–H groups in total. The van der Waals surface area contributed by atoms with Crippen LogP contribution in [-0.4, -0.2) is 103 Å². The molecule has 0 spiro atoms. The second kappa shape index (κ2) is 16.0. The van der Waals surface area contributed by atoms with Gasteiger partial charge in [-0.25, -0.2) is 4.79 Å². The van der Waals surface area contributed by atoms with E-state index in [1.54, 1.807) is 51.4 Å². The van der Waals surface area contributed by atoms with Crippen LogP contribution in [0.4, 0.5) is 4.79 Å². The number of rotatable bonds is 14. The lowest BCUT2D eigenvalue weighted by molar-refractivity contribution is -0.145. The van der Waals surface area contributed by atoms with Crippen LogP contribution in [0.25, 0.3) is 0 Å². The number of benzene rings is 1. The van der Waals surface area contributed by atoms with Gasteiger partial charge in [0, 0.05) is 26.7 Å². The number of amides is 7. The Morgan fingerprint density at radius 2 is 1.56 bits per heavy atom. The van der Waals surface area contributed by atoms with Crippen molar-refractivity contribution in [2.45, 2.75) is 98.4 Å². The number of carbonyl (C=O) groups is 7. The minimum absolute atomic E-state index is 0.0496. The van der Waals surface area contributed by atoms with Crippen molar-refractivity contribution < 1.29 is 33.6 Å². The molecule has 1 heterocycles. The molecule has 14 heteroatoms. The van der Waals surface area contributed by atoms with Crippen LogP contribution in [0.2, 0.25) is 0 Å². The van der Waals surface area contributed by atoms with Gasteiger partial charge in [0.2, 0.25) is 29.4 Å². The van der Waals surface area contributed by atoms with E-state index in [1.165, 1.54) is 9.80 Å². The number of fused-ring (bicyclic) bond motifs is 1. The van der Waals surface area contributed by atoms with Crippen molar-refractivity contribution in [1.29, 1.82) is 0 Å². The van der Waals surface area contributed by atoms with Crippen LogP contribution in [0, 0.1) is 22.7 Å². The molecule has 0 aromatic heterocycles. The van der Waals surface area contributed by atoms with Crippen molar-refractivity contribution in [1.82, 2.24) is 36.4 Å². The monoisotopic (exact) mass is 697 g/mol. The SMILES string of the molecule is CCCC(NC(=O)C1C2C(CN1C(=O)C(NC(=O)NC(C)C)C(C)(C)C)C2(C)C)C(=O)C(=O)NCC(=O)NC(C(=O)N(C)C)c1ccccc1. The number of Topliss-reactive ketones (excluding diaryl/α,β-unsaturated/α-hetero) is 1. The summed E-state index contributed by atoms with van der Waals surface area (Å²) >= 11 is 0. The Balaban J connectivity index is 1.72. The fourth-order valence-corrected chi connectivity index (χ4v) is 6.69. The molecule has 6 atom stereocenters. The van der Waals surface area contributed by atoms with Gasteiger partial charge >= 0.3 is 6.03 Å². The predicted molar refractivity (Wildman–Crippen MR) is 187 cm³/mol. The smallest absolute Gasteiger partial charge is 0.315 e. The van der Waals surface area contributed by atoms with Crippen LogP contribution in [0.15, 0.2) is 30.3 Å². The van der Waals surface area contributed by atoms with E-state index in [2.05, 4.69) is 26.6 Å². The van der Waals surface area contributed by atoms with Crippen molar-refractivity contribution in [2.24, 2.45) is 22.7 Å². The molecule has 2 fully saturated rings. The van der Waals surface area contributed by atoms with Crippen molar-refractivity contribution in [3.63, 3.8) is 0 Å². The van der Waals surface area contributed by atoms with Gasteiger partial charge in [0.05, 0.1) is 12.6 Å². The fourth-order valence-electron chi connectivity index (χ4n) is 6.69. The van der Waals surface area contributed by atoms with E-state index in [0.29, 0.717) is 18.5 Å². The number of nitrogens with one attached hydrogen (secondary N) is 5. The number of nitrogens with zero attached hydrogens (tertiary/aromatic N) is 2. The zero-order valence-electron chi connectivity index (χ0n) is 31.0. The van der Waals surface area contributed by atoms with Crippen LogP contribution in [0.1, 0.15) is 79.8 Å². The topological polar surface area (TPSA) is 186 Å². The number of carbonyl (C=O) groups excluding carboxylic acids is 7. The summed E-state index contributed by atoms with van der Waals surface area (Å²) in [6.45, 7) is 14.7. The summed E-state index contributed by atoms with van der Waals surface area (Å²) in [6.07, 6.45) is 0.610. The first-order chi connectivity index (χ1) is 23.2. The maximum Gasteiger partial charge on any atom is 0.315 e. The summed E-state index contributed by atoms with van der Waals surface area (Å²) in [7, 11) is 3.12. The third-order valence-electron chi connectivity index (χ3n) is 9.54. The van der Waals surface area contributed by atoms with E-state index < -0.39 is 71.6 Å². The quantitative estimate of drug-likeness (QED) is 0.182. The van der Waals surface area contributed by atoms with Crippen LogP contribution in [0.3, 0.4) is 0 Å². The number of piperidine rings is 1. The number of hydrogen-bond acceptors (Lipinski definition) is 7. The molecule has 3 rings (SSSR count). The average Bonchev–Trinajstić information content (AvgIpc) is 3.33. The molecule has 7 amide bonds. The maximum absolute atomic E-state index is 14.1. The normalized spacial score (nSPS) is 20.8. The zero-order valence-corrected chi connectivity index (χ0v) is 31.0. The Hall–Kier alpha value is -4.49. The number of hydrogen-bond donors (Lipinski definition) is 5. The number of urea groups is 1. The van der Waals surface area contributed by atoms with E-state index in [9.17, 15) is 33.6 Å². The molecule has 1 aromatic carbocycles. The van der Waals surface area contributed by atoms with Gasteiger partial charge in [-0.2, -0.15) is 0 Å². The summed E-state index contributed by atoms with van der Waals surface area (Å²) in [6, 6.07) is 3.95. The van der Waals surface area contributed by atoms with Gasteiger partial charge in [-0.1, -0.05) is 78.3 Å². The van der Waals surface area contributed by atoms with Crippen molar-refractivity contribution in [3.05, 3.63) is 35.9 Å². The predicted octanol–water partition coefficient (Wildman–Crippen LogP) is 1.51. The Labute approximate surface area is 295 Å². The van der Waals surface area contributed by atoms with Crippen molar-refractivity contribution >= 4 is 41.4 Å². The third-order valence-corrected chi connectivity index (χ3v) is 9.54. The standard InChI is InChI=1S/C36H55N7O7/c1-11-15-23(28(45)31(47)37-18-24(44)40-26(32(48)42(9)10)21-16-13-12-14-17-21)39-30(46)27-25-22(36(25,7)8)19-43(27)33(49)29(35(4,5)6)41-34(50)38-20(2)3/h12-14,16-17,20,22-23,25-27,29H,11,15,18-19H2,1-10H3,(H,37,47)(H,39,46)(H,40,44)(H2,38,41,50). The minimum Gasteiger partial charge on any atom is -0.347 e. The lowest BCUT2D eigenvalue weighted by Crippen LogP contribution is -2.61. The van der Waals surface area contributed by atoms with Gasteiger partial charge < -0.3 is 36.4 Å². The average molecular weight is 698 g/mol. The second-order valence-electron chi connectivity index (χ2n) is 15.5. The molecule has 1 aliphatic carbocycles. The maximum atomic E-state index is 14.1. The van der Waals surface area contributed by atoms with Gasteiger partial charge in [0.1, 0.15) is 18.1 Å². The Morgan fingerprint density at radius 3 is 2.10 bits per heavy atom. The lowest BCUT2D eigenvalue weighted by Gasteiger charge is -2.38. The molecule has 0 radical (unpaired) electrons. The Bertz CT molecular complexity index is 1450. The van der Waals surface area contributed by atoms with Crippen molar-refractivity contribution in [3.8, 4) is 0 Å². The highest BCUT2D eigenvalue weighted by Gasteiger charge is 2.70. The van der Waals surface area contributed by atoms with Crippen molar-refractivity contribution in [2.75, 3.05) is 27.2 Å². The first kappa shape index (κ1) is 39.9. The first-order valence-corrected chi connectivity index (χ1v) is 17.3. The summed E-state index contributed by atoms with van der Waals surface area (Å²) < 4.78 is 0. The molecule has 6 unspecified atom stereocenters. The van der Waals surface area contributed by atoms with Gasteiger partial charge in [-0.3, -0.25) is 28.8 Å². The molecule has 14 nitrogen and oxygen atoms in total. The Kier molecular flexibility index (Phi) is 12.8. The van der Waals surface area contributed by atoms with Crippen LogP contribution >= 0.6 is 0 Å². The van der Waals surface area contributed by atoms with Gasteiger partial charge in [-0.05, 0) is 48.5 Å². The highest BCUT2D eigenvalue weighted by atomic mass is 16.2. The molecule has 1 aliphatic heterocycles. The second-order valence-corrected chi connectivity index (χ2v) is 15.5. The molecule has 0 bridgehead atoms. The lowest BCUT2D eigenvalue weighted by atomic mass is 9.85.